The minimum atomic E-state index is -0.279. The Bertz CT molecular complexity index is 561. The molecule has 0 aliphatic heterocycles. The fourth-order valence-electron chi connectivity index (χ4n) is 2.46. The molecule has 25 heavy (non-hydrogen) atoms. The molecule has 0 heterocycles. The molecule has 0 aromatic heterocycles. The smallest absolute Gasteiger partial charge is 0.240 e. The van der Waals surface area contributed by atoms with Crippen molar-refractivity contribution >= 4 is 24.2 Å². The maximum atomic E-state index is 12.4. The van der Waals surface area contributed by atoms with Gasteiger partial charge in [-0.25, -0.2) is 0 Å². The molecular formula is C19H32ClN3O2. The molecule has 2 N–H and O–H groups in total. The molecule has 0 saturated heterocycles. The lowest BCUT2D eigenvalue weighted by molar-refractivity contribution is -0.127. The van der Waals surface area contributed by atoms with E-state index in [0.29, 0.717) is 5.92 Å². The summed E-state index contributed by atoms with van der Waals surface area (Å²) in [4.78, 5) is 26.2. The largest absolute Gasteiger partial charge is 0.347 e. The zero-order valence-electron chi connectivity index (χ0n) is 16.1. The van der Waals surface area contributed by atoms with Crippen molar-refractivity contribution in [2.75, 3.05) is 20.6 Å². The zero-order chi connectivity index (χ0) is 18.3. The van der Waals surface area contributed by atoms with Gasteiger partial charge in [0.05, 0.1) is 18.6 Å². The highest BCUT2D eigenvalue weighted by atomic mass is 35.5. The number of hydrogen-bond acceptors (Lipinski definition) is 3. The van der Waals surface area contributed by atoms with Crippen LogP contribution in [-0.4, -0.2) is 43.5 Å². The summed E-state index contributed by atoms with van der Waals surface area (Å²) in [6, 6.07) is 8.02. The lowest BCUT2D eigenvalue weighted by Crippen LogP contribution is -2.46. The van der Waals surface area contributed by atoms with E-state index >= 15 is 0 Å². The van der Waals surface area contributed by atoms with Crippen molar-refractivity contribution in [3.05, 3.63) is 35.4 Å². The highest BCUT2D eigenvalue weighted by Crippen LogP contribution is 2.22. The first-order valence-corrected chi connectivity index (χ1v) is 8.53. The standard InChI is InChI=1S/C19H31N3O2.ClH/c1-13(2)11-16-9-7-8-10-17(16)14(3)19(24)20-12-18(23)21-15(4)22(5)6;/h7-10,13-15H,11-12H2,1-6H3,(H,20,24)(H,21,23);1H. The molecule has 142 valence electrons. The average Bonchev–Trinajstić information content (AvgIpc) is 2.51. The van der Waals surface area contributed by atoms with Crippen LogP contribution in [0.1, 0.15) is 44.7 Å². The molecule has 0 radical (unpaired) electrons. The van der Waals surface area contributed by atoms with E-state index in [4.69, 9.17) is 0 Å². The first-order valence-electron chi connectivity index (χ1n) is 8.53. The van der Waals surface area contributed by atoms with E-state index in [1.807, 2.05) is 51.0 Å². The molecule has 1 aromatic rings. The van der Waals surface area contributed by atoms with Crippen LogP contribution in [0.5, 0.6) is 0 Å². The Balaban J connectivity index is 0.00000576. The molecule has 0 spiro atoms. The van der Waals surface area contributed by atoms with Gasteiger partial charge in [0.25, 0.3) is 0 Å². The van der Waals surface area contributed by atoms with Gasteiger partial charge in [0, 0.05) is 0 Å². The number of rotatable bonds is 8. The van der Waals surface area contributed by atoms with Crippen molar-refractivity contribution in [3.8, 4) is 0 Å². The van der Waals surface area contributed by atoms with Crippen molar-refractivity contribution in [2.45, 2.75) is 46.2 Å². The Kier molecular flexibility index (Phi) is 10.4. The monoisotopic (exact) mass is 369 g/mol. The average molecular weight is 370 g/mol. The van der Waals surface area contributed by atoms with Gasteiger partial charge in [0.2, 0.25) is 11.8 Å². The summed E-state index contributed by atoms with van der Waals surface area (Å²) in [6.45, 7) is 8.10. The molecule has 0 fully saturated rings. The predicted octanol–water partition coefficient (Wildman–Crippen LogP) is 2.55. The van der Waals surface area contributed by atoms with E-state index in [0.717, 1.165) is 12.0 Å². The maximum Gasteiger partial charge on any atom is 0.240 e. The third kappa shape index (κ3) is 7.88. The van der Waals surface area contributed by atoms with Crippen LogP contribution < -0.4 is 10.6 Å². The molecule has 2 amide bonds. The van der Waals surface area contributed by atoms with Gasteiger partial charge in [0.1, 0.15) is 0 Å². The molecule has 5 nitrogen and oxygen atoms in total. The van der Waals surface area contributed by atoms with E-state index in [9.17, 15) is 9.59 Å². The zero-order valence-corrected chi connectivity index (χ0v) is 16.9. The normalized spacial score (nSPS) is 13.1. The van der Waals surface area contributed by atoms with Crippen LogP contribution in [0, 0.1) is 5.92 Å². The van der Waals surface area contributed by atoms with Gasteiger partial charge < -0.3 is 10.6 Å². The second-order valence-electron chi connectivity index (χ2n) is 6.94. The highest BCUT2D eigenvalue weighted by Gasteiger charge is 2.19. The number of benzene rings is 1. The van der Waals surface area contributed by atoms with Gasteiger partial charge in [-0.15, -0.1) is 12.4 Å². The van der Waals surface area contributed by atoms with Gasteiger partial charge >= 0.3 is 0 Å². The van der Waals surface area contributed by atoms with Crippen LogP contribution >= 0.6 is 12.4 Å². The Morgan fingerprint density at radius 3 is 2.24 bits per heavy atom. The van der Waals surface area contributed by atoms with Crippen molar-refractivity contribution in [3.63, 3.8) is 0 Å². The molecule has 2 atom stereocenters. The molecule has 1 aromatic carbocycles. The number of carbonyl (C=O) groups is 2. The van der Waals surface area contributed by atoms with E-state index < -0.39 is 0 Å². The maximum absolute atomic E-state index is 12.4. The molecule has 0 aliphatic rings. The van der Waals surface area contributed by atoms with Gasteiger partial charge in [-0.3, -0.25) is 14.5 Å². The first kappa shape index (κ1) is 23.4. The summed E-state index contributed by atoms with van der Waals surface area (Å²) in [7, 11) is 3.77. The number of nitrogens with one attached hydrogen (secondary N) is 2. The predicted molar refractivity (Wildman–Crippen MR) is 105 cm³/mol. The Hall–Kier alpha value is -1.59. The first-order chi connectivity index (χ1) is 11.2. The van der Waals surface area contributed by atoms with Crippen LogP contribution in [0.4, 0.5) is 0 Å². The van der Waals surface area contributed by atoms with E-state index in [1.54, 1.807) is 0 Å². The minimum absolute atomic E-state index is 0. The van der Waals surface area contributed by atoms with Crippen molar-refractivity contribution in [1.29, 1.82) is 0 Å². The van der Waals surface area contributed by atoms with Crippen LogP contribution in [0.2, 0.25) is 0 Å². The fraction of sp³-hybridized carbons (Fsp3) is 0.579. The van der Waals surface area contributed by atoms with Crippen molar-refractivity contribution in [1.82, 2.24) is 15.5 Å². The summed E-state index contributed by atoms with van der Waals surface area (Å²) in [5.41, 5.74) is 2.23. The fourth-order valence-corrected chi connectivity index (χ4v) is 2.46. The van der Waals surface area contributed by atoms with Gasteiger partial charge in [-0.05, 0) is 51.4 Å². The number of hydrogen-bond donors (Lipinski definition) is 2. The summed E-state index contributed by atoms with van der Waals surface area (Å²) in [5, 5.41) is 5.56. The van der Waals surface area contributed by atoms with Crippen LogP contribution in [0.25, 0.3) is 0 Å². The summed E-state index contributed by atoms with van der Waals surface area (Å²) in [6.07, 6.45) is 0.868. The third-order valence-electron chi connectivity index (χ3n) is 4.11. The molecular weight excluding hydrogens is 338 g/mol. The molecule has 2 unspecified atom stereocenters. The van der Waals surface area contributed by atoms with Crippen LogP contribution in [0.15, 0.2) is 24.3 Å². The molecule has 0 saturated carbocycles. The van der Waals surface area contributed by atoms with E-state index in [-0.39, 0.29) is 42.8 Å². The Morgan fingerprint density at radius 2 is 1.68 bits per heavy atom. The summed E-state index contributed by atoms with van der Waals surface area (Å²) < 4.78 is 0. The molecule has 0 bridgehead atoms. The van der Waals surface area contributed by atoms with Crippen LogP contribution in [-0.2, 0) is 16.0 Å². The van der Waals surface area contributed by atoms with E-state index in [2.05, 4.69) is 30.5 Å². The van der Waals surface area contributed by atoms with Crippen molar-refractivity contribution in [2.24, 2.45) is 5.92 Å². The van der Waals surface area contributed by atoms with Crippen molar-refractivity contribution < 1.29 is 9.59 Å². The third-order valence-corrected chi connectivity index (χ3v) is 4.11. The number of carbonyl (C=O) groups excluding carboxylic acids is 2. The SMILES string of the molecule is CC(C)Cc1ccccc1C(C)C(=O)NCC(=O)NC(C)N(C)C.Cl. The molecule has 1 rings (SSSR count). The molecule has 0 aliphatic carbocycles. The highest BCUT2D eigenvalue weighted by molar-refractivity contribution is 5.88. The van der Waals surface area contributed by atoms with Crippen LogP contribution in [0.3, 0.4) is 0 Å². The Morgan fingerprint density at radius 1 is 1.08 bits per heavy atom. The summed E-state index contributed by atoms with van der Waals surface area (Å²) in [5.74, 6) is -0.0650. The molecule has 6 heteroatoms. The van der Waals surface area contributed by atoms with Gasteiger partial charge in [-0.1, -0.05) is 38.1 Å². The Labute approximate surface area is 158 Å². The topological polar surface area (TPSA) is 61.4 Å². The minimum Gasteiger partial charge on any atom is -0.347 e. The summed E-state index contributed by atoms with van der Waals surface area (Å²) >= 11 is 0. The second-order valence-corrected chi connectivity index (χ2v) is 6.94. The number of halogens is 1. The van der Waals surface area contributed by atoms with Gasteiger partial charge in [-0.2, -0.15) is 0 Å². The van der Waals surface area contributed by atoms with Gasteiger partial charge in [0.15, 0.2) is 0 Å². The lowest BCUT2D eigenvalue weighted by atomic mass is 9.90. The second kappa shape index (κ2) is 11.1. The number of nitrogens with zero attached hydrogens (tertiary/aromatic N) is 1. The lowest BCUT2D eigenvalue weighted by Gasteiger charge is -2.21. The van der Waals surface area contributed by atoms with E-state index in [1.165, 1.54) is 5.56 Å². The quantitative estimate of drug-likeness (QED) is 0.692. The number of amides is 2.